The molecule has 1 N–H and O–H groups in total. The van der Waals surface area contributed by atoms with Gasteiger partial charge >= 0.3 is 0 Å². The minimum atomic E-state index is -0.189. The number of nitrogens with one attached hydrogen (secondary N) is 1. The Bertz CT molecular complexity index is 772. The zero-order valence-corrected chi connectivity index (χ0v) is 13.5. The summed E-state index contributed by atoms with van der Waals surface area (Å²) in [5, 5.41) is 3.33. The lowest BCUT2D eigenvalue weighted by Gasteiger charge is -2.17. The second-order valence-corrected chi connectivity index (χ2v) is 5.33. The number of benzene rings is 2. The van der Waals surface area contributed by atoms with E-state index in [0.29, 0.717) is 28.9 Å². The molecule has 0 aromatic heterocycles. The Morgan fingerprint density at radius 2 is 1.83 bits per heavy atom. The molecule has 23 heavy (non-hydrogen) atoms. The molecule has 1 fully saturated rings. The van der Waals surface area contributed by atoms with E-state index in [1.54, 1.807) is 6.08 Å². The Kier molecular flexibility index (Phi) is 4.39. The van der Waals surface area contributed by atoms with Crippen molar-refractivity contribution in [3.63, 3.8) is 0 Å². The summed E-state index contributed by atoms with van der Waals surface area (Å²) in [5.74, 6) is 0.444. The van der Waals surface area contributed by atoms with Crippen LogP contribution in [0.25, 0.3) is 6.08 Å². The van der Waals surface area contributed by atoms with E-state index >= 15 is 0 Å². The predicted octanol–water partition coefficient (Wildman–Crippen LogP) is 3.35. The van der Waals surface area contributed by atoms with Gasteiger partial charge in [0.15, 0.2) is 5.11 Å². The summed E-state index contributed by atoms with van der Waals surface area (Å²) in [6, 6.07) is 17.0. The molecule has 3 rings (SSSR count). The van der Waals surface area contributed by atoms with E-state index in [0.717, 1.165) is 5.56 Å². The molecule has 0 spiro atoms. The second kappa shape index (κ2) is 6.62. The standard InChI is InChI=1S/C18H16N2O2S/c1-2-22-16-11-7-6-10-15(16)20-17(21)14(19-18(20)23)12-13-8-4-3-5-9-13/h3-12H,2H2,1H3,(H,19,23)/b14-12-. The highest BCUT2D eigenvalue weighted by Gasteiger charge is 2.33. The van der Waals surface area contributed by atoms with Gasteiger partial charge in [-0.3, -0.25) is 4.79 Å². The van der Waals surface area contributed by atoms with E-state index < -0.39 is 0 Å². The maximum absolute atomic E-state index is 12.7. The number of anilines is 1. The summed E-state index contributed by atoms with van der Waals surface area (Å²) in [7, 11) is 0. The first-order valence-electron chi connectivity index (χ1n) is 7.34. The molecule has 0 bridgehead atoms. The van der Waals surface area contributed by atoms with Gasteiger partial charge in [0.1, 0.15) is 11.4 Å². The molecule has 0 radical (unpaired) electrons. The Labute approximate surface area is 140 Å². The largest absolute Gasteiger partial charge is 0.492 e. The molecule has 0 aliphatic carbocycles. The van der Waals surface area contributed by atoms with Gasteiger partial charge in [-0.1, -0.05) is 42.5 Å². The quantitative estimate of drug-likeness (QED) is 0.692. The topological polar surface area (TPSA) is 41.6 Å². The van der Waals surface area contributed by atoms with Gasteiger partial charge in [-0.25, -0.2) is 4.90 Å². The number of ether oxygens (including phenoxy) is 1. The Morgan fingerprint density at radius 1 is 1.13 bits per heavy atom. The molecule has 0 unspecified atom stereocenters. The van der Waals surface area contributed by atoms with Crippen LogP contribution in [0.15, 0.2) is 60.3 Å². The van der Waals surface area contributed by atoms with Crippen molar-refractivity contribution in [1.82, 2.24) is 5.32 Å². The van der Waals surface area contributed by atoms with Gasteiger partial charge < -0.3 is 10.1 Å². The number of carbonyl (C=O) groups is 1. The predicted molar refractivity (Wildman–Crippen MR) is 95.2 cm³/mol. The molecule has 1 saturated heterocycles. The summed E-state index contributed by atoms with van der Waals surface area (Å²) in [6.45, 7) is 2.42. The van der Waals surface area contributed by atoms with Crippen LogP contribution < -0.4 is 15.0 Å². The average molecular weight is 324 g/mol. The van der Waals surface area contributed by atoms with Gasteiger partial charge in [-0.15, -0.1) is 0 Å². The van der Waals surface area contributed by atoms with Crippen LogP contribution in [0.3, 0.4) is 0 Å². The third-order valence-corrected chi connectivity index (χ3v) is 3.68. The molecular formula is C18H16N2O2S. The van der Waals surface area contributed by atoms with Crippen LogP contribution in [-0.2, 0) is 4.79 Å². The summed E-state index contributed by atoms with van der Waals surface area (Å²) < 4.78 is 5.60. The highest BCUT2D eigenvalue weighted by Crippen LogP contribution is 2.31. The fourth-order valence-electron chi connectivity index (χ4n) is 2.39. The van der Waals surface area contributed by atoms with E-state index in [1.807, 2.05) is 61.5 Å². The van der Waals surface area contributed by atoms with Crippen LogP contribution >= 0.6 is 12.2 Å². The molecule has 4 nitrogen and oxygen atoms in total. The van der Waals surface area contributed by atoms with Crippen molar-refractivity contribution in [2.45, 2.75) is 6.92 Å². The number of hydrogen-bond acceptors (Lipinski definition) is 3. The third kappa shape index (κ3) is 3.10. The molecule has 2 aromatic carbocycles. The Balaban J connectivity index is 1.95. The molecule has 1 aliphatic rings. The van der Waals surface area contributed by atoms with E-state index in [4.69, 9.17) is 17.0 Å². The van der Waals surface area contributed by atoms with E-state index in [-0.39, 0.29) is 5.91 Å². The molecule has 1 heterocycles. The first-order valence-corrected chi connectivity index (χ1v) is 7.75. The number of para-hydroxylation sites is 2. The van der Waals surface area contributed by atoms with E-state index in [9.17, 15) is 4.79 Å². The number of thiocarbonyl (C=S) groups is 1. The summed E-state index contributed by atoms with van der Waals surface area (Å²) >= 11 is 5.33. The molecule has 0 saturated carbocycles. The van der Waals surface area contributed by atoms with Gasteiger partial charge in [-0.05, 0) is 42.9 Å². The zero-order valence-electron chi connectivity index (χ0n) is 12.7. The molecule has 0 atom stereocenters. The molecular weight excluding hydrogens is 308 g/mol. The lowest BCUT2D eigenvalue weighted by molar-refractivity contribution is -0.113. The van der Waals surface area contributed by atoms with Gasteiger partial charge in [-0.2, -0.15) is 0 Å². The van der Waals surface area contributed by atoms with Crippen molar-refractivity contribution in [2.75, 3.05) is 11.5 Å². The van der Waals surface area contributed by atoms with E-state index in [2.05, 4.69) is 5.32 Å². The maximum atomic E-state index is 12.7. The summed E-state index contributed by atoms with van der Waals surface area (Å²) in [5.41, 5.74) is 2.03. The lowest BCUT2D eigenvalue weighted by Crippen LogP contribution is -2.30. The van der Waals surface area contributed by atoms with Gasteiger partial charge in [0.2, 0.25) is 0 Å². The average Bonchev–Trinajstić information content (AvgIpc) is 2.83. The minimum absolute atomic E-state index is 0.189. The minimum Gasteiger partial charge on any atom is -0.492 e. The van der Waals surface area contributed by atoms with Crippen molar-refractivity contribution in [2.24, 2.45) is 0 Å². The highest BCUT2D eigenvalue weighted by atomic mass is 32.1. The smallest absolute Gasteiger partial charge is 0.281 e. The Hall–Kier alpha value is -2.66. The van der Waals surface area contributed by atoms with Crippen molar-refractivity contribution in [3.05, 3.63) is 65.9 Å². The second-order valence-electron chi connectivity index (χ2n) is 4.94. The molecule has 1 aliphatic heterocycles. The first kappa shape index (κ1) is 15.2. The van der Waals surface area contributed by atoms with Crippen molar-refractivity contribution in [3.8, 4) is 5.75 Å². The third-order valence-electron chi connectivity index (χ3n) is 3.39. The maximum Gasteiger partial charge on any atom is 0.281 e. The fourth-order valence-corrected chi connectivity index (χ4v) is 2.68. The molecule has 5 heteroatoms. The fraction of sp³-hybridized carbons (Fsp3) is 0.111. The van der Waals surface area contributed by atoms with Crippen LogP contribution in [0.1, 0.15) is 12.5 Å². The van der Waals surface area contributed by atoms with Crippen molar-refractivity contribution < 1.29 is 9.53 Å². The first-order chi connectivity index (χ1) is 11.2. The molecule has 1 amide bonds. The number of carbonyl (C=O) groups excluding carboxylic acids is 1. The highest BCUT2D eigenvalue weighted by molar-refractivity contribution is 7.80. The van der Waals surface area contributed by atoms with Crippen molar-refractivity contribution >= 4 is 35.0 Å². The SMILES string of the molecule is CCOc1ccccc1N1C(=O)/C(=C/c2ccccc2)NC1=S. The summed E-state index contributed by atoms with van der Waals surface area (Å²) in [6.07, 6.45) is 1.79. The molecule has 2 aromatic rings. The number of hydrogen-bond donors (Lipinski definition) is 1. The number of rotatable bonds is 4. The van der Waals surface area contributed by atoms with Gasteiger partial charge in [0.05, 0.1) is 12.3 Å². The number of nitrogens with zero attached hydrogens (tertiary/aromatic N) is 1. The normalized spacial score (nSPS) is 15.9. The molecule has 116 valence electrons. The van der Waals surface area contributed by atoms with Crippen molar-refractivity contribution in [1.29, 1.82) is 0 Å². The number of amides is 1. The van der Waals surface area contributed by atoms with Crippen LogP contribution in [0, 0.1) is 0 Å². The Morgan fingerprint density at radius 3 is 2.57 bits per heavy atom. The monoisotopic (exact) mass is 324 g/mol. The van der Waals surface area contributed by atoms with Gasteiger partial charge in [0, 0.05) is 0 Å². The van der Waals surface area contributed by atoms with Crippen LogP contribution in [0.4, 0.5) is 5.69 Å². The zero-order chi connectivity index (χ0) is 16.2. The lowest BCUT2D eigenvalue weighted by atomic mass is 10.2. The van der Waals surface area contributed by atoms with Crippen LogP contribution in [0.2, 0.25) is 0 Å². The van der Waals surface area contributed by atoms with Crippen LogP contribution in [0.5, 0.6) is 5.75 Å². The van der Waals surface area contributed by atoms with Crippen LogP contribution in [-0.4, -0.2) is 17.6 Å². The van der Waals surface area contributed by atoms with Gasteiger partial charge in [0.25, 0.3) is 5.91 Å². The summed E-state index contributed by atoms with van der Waals surface area (Å²) in [4.78, 5) is 14.2. The van der Waals surface area contributed by atoms with E-state index in [1.165, 1.54) is 4.90 Å².